The number of carbonyl (C=O) groups excluding carboxylic acids is 1. The molecule has 2 aromatic carbocycles. The summed E-state index contributed by atoms with van der Waals surface area (Å²) in [7, 11) is 1.99. The van der Waals surface area contributed by atoms with Crippen LogP contribution in [0.1, 0.15) is 17.8 Å². The molecule has 0 aliphatic rings. The number of nitrogens with zero attached hydrogens (tertiary/aromatic N) is 2. The van der Waals surface area contributed by atoms with Gasteiger partial charge in [0.15, 0.2) is 0 Å². The van der Waals surface area contributed by atoms with E-state index in [1.165, 1.54) is 5.56 Å². The first kappa shape index (κ1) is 14.3. The molecule has 0 unspecified atom stereocenters. The van der Waals surface area contributed by atoms with E-state index in [1.807, 2.05) is 67.1 Å². The molecule has 22 heavy (non-hydrogen) atoms. The molecule has 3 rings (SSSR count). The zero-order chi connectivity index (χ0) is 15.5. The summed E-state index contributed by atoms with van der Waals surface area (Å²) in [5.74, 6) is 0.985. The third kappa shape index (κ3) is 3.01. The van der Waals surface area contributed by atoms with Crippen molar-refractivity contribution < 1.29 is 4.79 Å². The molecule has 4 heteroatoms. The van der Waals surface area contributed by atoms with Gasteiger partial charge in [0.1, 0.15) is 5.82 Å². The molecule has 0 spiro atoms. The minimum absolute atomic E-state index is 0.0239. The van der Waals surface area contributed by atoms with Gasteiger partial charge in [0, 0.05) is 19.2 Å². The Morgan fingerprint density at radius 1 is 1.18 bits per heavy atom. The van der Waals surface area contributed by atoms with Crippen molar-refractivity contribution in [3.8, 4) is 0 Å². The molecule has 1 amide bonds. The highest BCUT2D eigenvalue weighted by atomic mass is 16.1. The number of aromatic nitrogens is 2. The fraction of sp³-hybridized carbons (Fsp3) is 0.222. The van der Waals surface area contributed by atoms with Gasteiger partial charge in [-0.1, -0.05) is 30.3 Å². The summed E-state index contributed by atoms with van der Waals surface area (Å²) in [6, 6.07) is 15.9. The highest BCUT2D eigenvalue weighted by Gasteiger charge is 2.07. The minimum atomic E-state index is 0.0239. The Balaban J connectivity index is 1.66. The molecule has 0 saturated carbocycles. The van der Waals surface area contributed by atoms with Crippen LogP contribution in [0.2, 0.25) is 0 Å². The van der Waals surface area contributed by atoms with Crippen LogP contribution in [-0.2, 0) is 18.3 Å². The Morgan fingerprint density at radius 2 is 1.95 bits per heavy atom. The number of aryl methyl sites for hydroxylation is 3. The smallest absolute Gasteiger partial charge is 0.224 e. The molecule has 1 N–H and O–H groups in total. The lowest BCUT2D eigenvalue weighted by Crippen LogP contribution is -2.12. The largest absolute Gasteiger partial charge is 0.331 e. The highest BCUT2D eigenvalue weighted by Crippen LogP contribution is 2.19. The van der Waals surface area contributed by atoms with Crippen molar-refractivity contribution in [2.45, 2.75) is 19.8 Å². The zero-order valence-electron chi connectivity index (χ0n) is 12.8. The number of benzene rings is 2. The van der Waals surface area contributed by atoms with Crippen LogP contribution in [-0.4, -0.2) is 15.5 Å². The monoisotopic (exact) mass is 293 g/mol. The molecular weight excluding hydrogens is 274 g/mol. The van der Waals surface area contributed by atoms with E-state index >= 15 is 0 Å². The first-order valence-corrected chi connectivity index (χ1v) is 7.40. The van der Waals surface area contributed by atoms with Gasteiger partial charge in [-0.25, -0.2) is 4.98 Å². The van der Waals surface area contributed by atoms with Gasteiger partial charge in [-0.2, -0.15) is 0 Å². The lowest BCUT2D eigenvalue weighted by Gasteiger charge is -2.06. The molecule has 3 aromatic rings. The first-order chi connectivity index (χ1) is 10.6. The summed E-state index contributed by atoms with van der Waals surface area (Å²) < 4.78 is 2.04. The number of fused-ring (bicyclic) bond motifs is 1. The molecule has 0 radical (unpaired) electrons. The molecule has 0 bridgehead atoms. The molecule has 0 fully saturated rings. The predicted octanol–water partition coefficient (Wildman–Crippen LogP) is 3.45. The number of anilines is 1. The van der Waals surface area contributed by atoms with E-state index < -0.39 is 0 Å². The third-order valence-electron chi connectivity index (χ3n) is 3.87. The lowest BCUT2D eigenvalue weighted by atomic mass is 10.1. The maximum absolute atomic E-state index is 12.1. The van der Waals surface area contributed by atoms with E-state index in [2.05, 4.69) is 10.3 Å². The molecule has 0 aliphatic heterocycles. The van der Waals surface area contributed by atoms with Crippen LogP contribution in [0.15, 0.2) is 48.5 Å². The number of carbonyl (C=O) groups is 1. The Hall–Kier alpha value is -2.62. The Labute approximate surface area is 129 Å². The predicted molar refractivity (Wildman–Crippen MR) is 88.8 cm³/mol. The molecule has 4 nitrogen and oxygen atoms in total. The summed E-state index contributed by atoms with van der Waals surface area (Å²) in [6.45, 7) is 1.97. The fourth-order valence-electron chi connectivity index (χ4n) is 2.52. The average molecular weight is 293 g/mol. The molecule has 0 saturated heterocycles. The van der Waals surface area contributed by atoms with E-state index in [0.717, 1.165) is 29.0 Å². The second-order valence-electron chi connectivity index (χ2n) is 5.46. The van der Waals surface area contributed by atoms with Gasteiger partial charge in [-0.05, 0) is 37.1 Å². The molecule has 112 valence electrons. The number of nitrogens with one attached hydrogen (secondary N) is 1. The van der Waals surface area contributed by atoms with Crippen LogP contribution >= 0.6 is 0 Å². The summed E-state index contributed by atoms with van der Waals surface area (Å²) >= 11 is 0. The Morgan fingerprint density at radius 3 is 2.73 bits per heavy atom. The van der Waals surface area contributed by atoms with Crippen molar-refractivity contribution in [1.82, 2.24) is 9.55 Å². The Bertz CT molecular complexity index is 806. The van der Waals surface area contributed by atoms with Crippen LogP contribution < -0.4 is 5.32 Å². The zero-order valence-corrected chi connectivity index (χ0v) is 12.8. The lowest BCUT2D eigenvalue weighted by molar-refractivity contribution is -0.116. The van der Waals surface area contributed by atoms with Gasteiger partial charge in [-0.3, -0.25) is 4.79 Å². The summed E-state index contributed by atoms with van der Waals surface area (Å²) in [5, 5.41) is 2.94. The van der Waals surface area contributed by atoms with Crippen molar-refractivity contribution in [1.29, 1.82) is 0 Å². The van der Waals surface area contributed by atoms with Gasteiger partial charge in [0.2, 0.25) is 5.91 Å². The van der Waals surface area contributed by atoms with Crippen LogP contribution in [0.3, 0.4) is 0 Å². The van der Waals surface area contributed by atoms with E-state index in [4.69, 9.17) is 0 Å². The number of imidazole rings is 1. The Kier molecular flexibility index (Phi) is 3.92. The second kappa shape index (κ2) is 6.02. The molecule has 0 aliphatic carbocycles. The van der Waals surface area contributed by atoms with Gasteiger partial charge in [0.25, 0.3) is 0 Å². The van der Waals surface area contributed by atoms with Crippen LogP contribution in [0.4, 0.5) is 5.69 Å². The van der Waals surface area contributed by atoms with Crippen molar-refractivity contribution in [2.24, 2.45) is 7.05 Å². The third-order valence-corrected chi connectivity index (χ3v) is 3.87. The molecule has 1 heterocycles. The van der Waals surface area contributed by atoms with Crippen LogP contribution in [0, 0.1) is 6.92 Å². The summed E-state index contributed by atoms with van der Waals surface area (Å²) in [4.78, 5) is 16.5. The van der Waals surface area contributed by atoms with E-state index in [9.17, 15) is 4.79 Å². The maximum atomic E-state index is 12.1. The van der Waals surface area contributed by atoms with E-state index in [0.29, 0.717) is 6.42 Å². The van der Waals surface area contributed by atoms with Crippen molar-refractivity contribution in [2.75, 3.05) is 5.32 Å². The fourth-order valence-corrected chi connectivity index (χ4v) is 2.52. The number of hydrogen-bond acceptors (Lipinski definition) is 2. The van der Waals surface area contributed by atoms with Crippen molar-refractivity contribution in [3.05, 3.63) is 59.9 Å². The number of rotatable bonds is 4. The van der Waals surface area contributed by atoms with Crippen molar-refractivity contribution in [3.63, 3.8) is 0 Å². The summed E-state index contributed by atoms with van der Waals surface area (Å²) in [5.41, 5.74) is 3.94. The summed E-state index contributed by atoms with van der Waals surface area (Å²) in [6.07, 6.45) is 1.22. The standard InChI is InChI=1S/C18H19N3O/c1-13-19-16-12-15(9-10-17(16)21(13)2)20-18(22)11-8-14-6-4-3-5-7-14/h3-7,9-10,12H,8,11H2,1-2H3,(H,20,22). The van der Waals surface area contributed by atoms with Crippen LogP contribution in [0.25, 0.3) is 11.0 Å². The SMILES string of the molecule is Cc1nc2cc(NC(=O)CCc3ccccc3)ccc2n1C. The van der Waals surface area contributed by atoms with E-state index in [1.54, 1.807) is 0 Å². The second-order valence-corrected chi connectivity index (χ2v) is 5.46. The van der Waals surface area contributed by atoms with Crippen molar-refractivity contribution >= 4 is 22.6 Å². The quantitative estimate of drug-likeness (QED) is 0.801. The van der Waals surface area contributed by atoms with E-state index in [-0.39, 0.29) is 5.91 Å². The van der Waals surface area contributed by atoms with Crippen LogP contribution in [0.5, 0.6) is 0 Å². The minimum Gasteiger partial charge on any atom is -0.331 e. The van der Waals surface area contributed by atoms with Gasteiger partial charge >= 0.3 is 0 Å². The molecule has 0 atom stereocenters. The topological polar surface area (TPSA) is 46.9 Å². The van der Waals surface area contributed by atoms with Gasteiger partial charge in [0.05, 0.1) is 11.0 Å². The number of amides is 1. The molecule has 1 aromatic heterocycles. The highest BCUT2D eigenvalue weighted by molar-refractivity contribution is 5.93. The first-order valence-electron chi connectivity index (χ1n) is 7.40. The van der Waals surface area contributed by atoms with Gasteiger partial charge in [-0.15, -0.1) is 0 Å². The number of hydrogen-bond donors (Lipinski definition) is 1. The molecular formula is C18H19N3O. The average Bonchev–Trinajstić information content (AvgIpc) is 2.81. The maximum Gasteiger partial charge on any atom is 0.224 e. The normalized spacial score (nSPS) is 10.8. The van der Waals surface area contributed by atoms with Gasteiger partial charge < -0.3 is 9.88 Å².